The van der Waals surface area contributed by atoms with Gasteiger partial charge in [-0.15, -0.1) is 0 Å². The minimum Gasteiger partial charge on any atom is -0.458 e. The van der Waals surface area contributed by atoms with Crippen LogP contribution in [-0.4, -0.2) is 76.3 Å². The van der Waals surface area contributed by atoms with E-state index in [1.807, 2.05) is 0 Å². The molecule has 6 unspecified atom stereocenters. The number of carbonyl (C=O) groups is 4. The summed E-state index contributed by atoms with van der Waals surface area (Å²) in [6, 6.07) is 0. The predicted molar refractivity (Wildman–Crippen MR) is 138 cm³/mol. The van der Waals surface area contributed by atoms with Gasteiger partial charge >= 0.3 is 23.9 Å². The molecule has 0 aromatic carbocycles. The van der Waals surface area contributed by atoms with Gasteiger partial charge in [0.15, 0.2) is 11.9 Å². The first-order valence-electron chi connectivity index (χ1n) is 12.8. The number of aliphatic hydroxyl groups is 3. The normalized spacial score (nSPS) is 29.4. The van der Waals surface area contributed by atoms with Crippen molar-refractivity contribution in [1.29, 1.82) is 0 Å². The zero-order valence-corrected chi connectivity index (χ0v) is 23.8. The maximum atomic E-state index is 12.4. The second-order valence-corrected chi connectivity index (χ2v) is 10.6. The maximum absolute atomic E-state index is 12.4. The lowest BCUT2D eigenvalue weighted by Gasteiger charge is -2.48. The van der Waals surface area contributed by atoms with Crippen LogP contribution in [0.2, 0.25) is 0 Å². The third-order valence-corrected chi connectivity index (χ3v) is 7.37. The lowest BCUT2D eigenvalue weighted by molar-refractivity contribution is -0.152. The number of carbonyl (C=O) groups excluding carboxylic acids is 4. The Morgan fingerprint density at radius 3 is 1.82 bits per heavy atom. The Bertz CT molecular complexity index is 1080. The fourth-order valence-electron chi connectivity index (χ4n) is 5.57. The van der Waals surface area contributed by atoms with E-state index in [1.165, 1.54) is 33.8 Å². The van der Waals surface area contributed by atoms with Gasteiger partial charge in [-0.3, -0.25) is 19.2 Å². The molecule has 0 saturated heterocycles. The Labute approximate surface area is 228 Å². The third kappa shape index (κ3) is 7.55. The van der Waals surface area contributed by atoms with Crippen LogP contribution in [0.15, 0.2) is 34.1 Å². The molecule has 0 aliphatic heterocycles. The lowest BCUT2D eigenvalue weighted by Crippen LogP contribution is -2.48. The minimum atomic E-state index is -1.36. The fraction of sp³-hybridized carbons (Fsp3) is 0.643. The largest absolute Gasteiger partial charge is 0.458 e. The fourth-order valence-corrected chi connectivity index (χ4v) is 5.57. The summed E-state index contributed by atoms with van der Waals surface area (Å²) in [5.74, 6) is -3.51. The highest BCUT2D eigenvalue weighted by Crippen LogP contribution is 2.51. The van der Waals surface area contributed by atoms with E-state index in [0.29, 0.717) is 11.1 Å². The number of fused-ring (bicyclic) bond motifs is 2. The quantitative estimate of drug-likeness (QED) is 0.259. The van der Waals surface area contributed by atoms with Crippen LogP contribution in [-0.2, 0) is 38.1 Å². The Balaban J connectivity index is 3.06. The Morgan fingerprint density at radius 1 is 0.846 bits per heavy atom. The van der Waals surface area contributed by atoms with Gasteiger partial charge in [0.1, 0.15) is 12.2 Å². The van der Waals surface area contributed by atoms with E-state index < -0.39 is 72.3 Å². The topological polar surface area (TPSA) is 166 Å². The second-order valence-electron chi connectivity index (χ2n) is 10.6. The molecule has 39 heavy (non-hydrogen) atoms. The van der Waals surface area contributed by atoms with Crippen molar-refractivity contribution in [2.24, 2.45) is 11.3 Å². The average molecular weight is 553 g/mol. The van der Waals surface area contributed by atoms with E-state index in [1.54, 1.807) is 20.8 Å². The number of rotatable bonds is 5. The Kier molecular flexibility index (Phi) is 10.6. The van der Waals surface area contributed by atoms with Crippen LogP contribution in [0.25, 0.3) is 0 Å². The van der Waals surface area contributed by atoms with Crippen molar-refractivity contribution < 1.29 is 53.4 Å². The van der Waals surface area contributed by atoms with E-state index in [9.17, 15) is 34.5 Å². The number of hydrogen-bond acceptors (Lipinski definition) is 11. The van der Waals surface area contributed by atoms with Crippen LogP contribution >= 0.6 is 0 Å². The summed E-state index contributed by atoms with van der Waals surface area (Å²) >= 11 is 0. The molecular formula is C28H40O11. The van der Waals surface area contributed by atoms with Gasteiger partial charge in [-0.2, -0.15) is 0 Å². The van der Waals surface area contributed by atoms with E-state index in [4.69, 9.17) is 18.9 Å². The molecule has 0 aromatic rings. The monoisotopic (exact) mass is 552 g/mol. The molecule has 2 aliphatic carbocycles. The van der Waals surface area contributed by atoms with Gasteiger partial charge in [0.25, 0.3) is 0 Å². The van der Waals surface area contributed by atoms with Gasteiger partial charge in [0.05, 0.1) is 18.8 Å². The first-order valence-corrected chi connectivity index (χ1v) is 12.8. The van der Waals surface area contributed by atoms with E-state index in [2.05, 4.69) is 0 Å². The van der Waals surface area contributed by atoms with Crippen molar-refractivity contribution in [2.75, 3.05) is 6.61 Å². The van der Waals surface area contributed by atoms with Crippen molar-refractivity contribution >= 4 is 23.9 Å². The molecule has 0 aromatic heterocycles. The molecule has 2 bridgehead atoms. The predicted octanol–water partition coefficient (Wildman–Crippen LogP) is 2.03. The van der Waals surface area contributed by atoms with E-state index in [-0.39, 0.29) is 29.7 Å². The summed E-state index contributed by atoms with van der Waals surface area (Å²) in [6.07, 6.45) is -4.64. The van der Waals surface area contributed by atoms with Gasteiger partial charge in [0.2, 0.25) is 0 Å². The van der Waals surface area contributed by atoms with Crippen molar-refractivity contribution in [1.82, 2.24) is 0 Å². The molecule has 11 heteroatoms. The number of aliphatic hydroxyl groups excluding tert-OH is 3. The van der Waals surface area contributed by atoms with Crippen LogP contribution in [0.5, 0.6) is 0 Å². The maximum Gasteiger partial charge on any atom is 0.307 e. The number of hydrogen-bond donors (Lipinski definition) is 3. The highest BCUT2D eigenvalue weighted by atomic mass is 16.6. The van der Waals surface area contributed by atoms with Crippen LogP contribution in [0.1, 0.15) is 68.2 Å². The Morgan fingerprint density at radius 2 is 1.36 bits per heavy atom. The average Bonchev–Trinajstić information content (AvgIpc) is 2.79. The molecule has 0 fully saturated rings. The highest BCUT2D eigenvalue weighted by molar-refractivity contribution is 5.70. The van der Waals surface area contributed by atoms with Crippen molar-refractivity contribution in [3.8, 4) is 0 Å². The SMILES string of the molecule is CC(=O)OC1=C(C)C(OC(C)=O)CC(O)C(CO)=CC(O)C2CC(OC(C)=O)C(C)=C(C1OC(C)=O)C2(C)C. The lowest BCUT2D eigenvalue weighted by atomic mass is 9.60. The smallest absolute Gasteiger partial charge is 0.307 e. The third-order valence-electron chi connectivity index (χ3n) is 7.37. The molecule has 6 atom stereocenters. The van der Waals surface area contributed by atoms with Gasteiger partial charge in [-0.1, -0.05) is 19.9 Å². The molecule has 2 aliphatic rings. The van der Waals surface area contributed by atoms with Gasteiger partial charge < -0.3 is 34.3 Å². The second kappa shape index (κ2) is 12.9. The zero-order chi connectivity index (χ0) is 29.8. The molecular weight excluding hydrogens is 512 g/mol. The molecule has 0 spiro atoms. The summed E-state index contributed by atoms with van der Waals surface area (Å²) in [7, 11) is 0. The first kappa shape index (κ1) is 32.2. The molecule has 2 rings (SSSR count). The van der Waals surface area contributed by atoms with E-state index >= 15 is 0 Å². The summed E-state index contributed by atoms with van der Waals surface area (Å²) in [4.78, 5) is 48.8. The van der Waals surface area contributed by atoms with Gasteiger partial charge in [0, 0.05) is 45.6 Å². The molecule has 3 N–H and O–H groups in total. The van der Waals surface area contributed by atoms with Crippen molar-refractivity contribution in [2.45, 2.75) is 98.8 Å². The molecule has 0 saturated carbocycles. The van der Waals surface area contributed by atoms with Crippen molar-refractivity contribution in [3.05, 3.63) is 34.1 Å². The Hall–Kier alpha value is -3.02. The van der Waals surface area contributed by atoms with Crippen LogP contribution in [0.3, 0.4) is 0 Å². The summed E-state index contributed by atoms with van der Waals surface area (Å²) in [5, 5.41) is 32.4. The van der Waals surface area contributed by atoms with Gasteiger partial charge in [-0.25, -0.2) is 0 Å². The standard InChI is InChI=1S/C28H40O11/c1-13-23(36-15(3)30)10-20-22(35)9-19(12-29)21(34)11-24(37-16(4)31)14(2)26(38-17(5)32)27(39-18(6)33)25(13)28(20,7)8/h9,20-24,27,29,34-35H,10-12H2,1-8H3. The summed E-state index contributed by atoms with van der Waals surface area (Å²) < 4.78 is 22.5. The van der Waals surface area contributed by atoms with Crippen LogP contribution < -0.4 is 0 Å². The molecule has 0 radical (unpaired) electrons. The first-order chi connectivity index (χ1) is 18.0. The summed E-state index contributed by atoms with van der Waals surface area (Å²) in [5.41, 5.74) is 0.272. The number of esters is 4. The van der Waals surface area contributed by atoms with Crippen LogP contribution in [0, 0.1) is 11.3 Å². The minimum absolute atomic E-state index is 0.0891. The van der Waals surface area contributed by atoms with E-state index in [0.717, 1.165) is 6.92 Å². The molecule has 218 valence electrons. The summed E-state index contributed by atoms with van der Waals surface area (Å²) in [6.45, 7) is 11.0. The number of ether oxygens (including phenoxy) is 4. The van der Waals surface area contributed by atoms with Crippen molar-refractivity contribution in [3.63, 3.8) is 0 Å². The molecule has 0 heterocycles. The molecule has 0 amide bonds. The van der Waals surface area contributed by atoms with Crippen LogP contribution in [0.4, 0.5) is 0 Å². The zero-order valence-electron chi connectivity index (χ0n) is 23.8. The van der Waals surface area contributed by atoms with Gasteiger partial charge in [-0.05, 0) is 42.4 Å². The molecule has 11 nitrogen and oxygen atoms in total. The highest BCUT2D eigenvalue weighted by Gasteiger charge is 2.50.